The predicted octanol–water partition coefficient (Wildman–Crippen LogP) is 6.61. The molecule has 122 valence electrons. The standard InChI is InChI=1S/C24H26/c1-17-15-23(19(3)21-11-7-5-8-12-21)24(16-18(17)2)20(4)22-13-9-6-10-14-22/h5-16,19-20H,1-4H3. The van der Waals surface area contributed by atoms with Crippen molar-refractivity contribution in [3.8, 4) is 0 Å². The maximum Gasteiger partial charge on any atom is 0.00640 e. The number of hydrogen-bond acceptors (Lipinski definition) is 0. The van der Waals surface area contributed by atoms with Crippen molar-refractivity contribution in [2.24, 2.45) is 0 Å². The third-order valence-electron chi connectivity index (χ3n) is 5.23. The summed E-state index contributed by atoms with van der Waals surface area (Å²) in [5.41, 5.74) is 8.39. The summed E-state index contributed by atoms with van der Waals surface area (Å²) >= 11 is 0. The third kappa shape index (κ3) is 3.28. The summed E-state index contributed by atoms with van der Waals surface area (Å²) in [6.07, 6.45) is 0. The average molecular weight is 314 g/mol. The molecule has 0 bridgehead atoms. The molecule has 3 aromatic carbocycles. The molecule has 0 aliphatic carbocycles. The second kappa shape index (κ2) is 7.05. The first-order chi connectivity index (χ1) is 11.6. The Labute approximate surface area is 146 Å². The lowest BCUT2D eigenvalue weighted by Gasteiger charge is -2.23. The molecule has 0 heteroatoms. The fraction of sp³-hybridized carbons (Fsp3) is 0.250. The van der Waals surface area contributed by atoms with Crippen molar-refractivity contribution in [2.45, 2.75) is 39.5 Å². The molecule has 0 saturated heterocycles. The Morgan fingerprint density at radius 3 is 1.21 bits per heavy atom. The van der Waals surface area contributed by atoms with E-state index < -0.39 is 0 Å². The molecular weight excluding hydrogens is 288 g/mol. The lowest BCUT2D eigenvalue weighted by atomic mass is 9.81. The second-order valence-corrected chi connectivity index (χ2v) is 6.83. The summed E-state index contributed by atoms with van der Waals surface area (Å²) in [6.45, 7) is 9.07. The Bertz CT molecular complexity index is 730. The molecule has 0 amide bonds. The summed E-state index contributed by atoms with van der Waals surface area (Å²) in [7, 11) is 0. The summed E-state index contributed by atoms with van der Waals surface area (Å²) in [6, 6.07) is 26.4. The van der Waals surface area contributed by atoms with E-state index in [1.54, 1.807) is 0 Å². The Hall–Kier alpha value is -2.34. The summed E-state index contributed by atoms with van der Waals surface area (Å²) < 4.78 is 0. The van der Waals surface area contributed by atoms with Crippen LogP contribution in [0.25, 0.3) is 0 Å². The van der Waals surface area contributed by atoms with Gasteiger partial charge in [0.1, 0.15) is 0 Å². The van der Waals surface area contributed by atoms with Gasteiger partial charge in [-0.05, 0) is 47.2 Å². The van der Waals surface area contributed by atoms with Crippen molar-refractivity contribution >= 4 is 0 Å². The quantitative estimate of drug-likeness (QED) is 0.508. The molecule has 0 aromatic heterocycles. The van der Waals surface area contributed by atoms with Gasteiger partial charge in [-0.25, -0.2) is 0 Å². The maximum atomic E-state index is 2.39. The molecular formula is C24H26. The minimum Gasteiger partial charge on any atom is -0.0622 e. The van der Waals surface area contributed by atoms with Crippen molar-refractivity contribution in [2.75, 3.05) is 0 Å². The molecule has 3 rings (SSSR count). The van der Waals surface area contributed by atoms with E-state index in [2.05, 4.69) is 100 Å². The molecule has 0 N–H and O–H groups in total. The van der Waals surface area contributed by atoms with Crippen LogP contribution in [0.3, 0.4) is 0 Å². The monoisotopic (exact) mass is 314 g/mol. The average Bonchev–Trinajstić information content (AvgIpc) is 2.64. The number of rotatable bonds is 4. The Balaban J connectivity index is 2.10. The first-order valence-electron chi connectivity index (χ1n) is 8.79. The molecule has 0 saturated carbocycles. The van der Waals surface area contributed by atoms with Crippen molar-refractivity contribution in [1.82, 2.24) is 0 Å². The van der Waals surface area contributed by atoms with E-state index >= 15 is 0 Å². The largest absolute Gasteiger partial charge is 0.0622 e. The summed E-state index contributed by atoms with van der Waals surface area (Å²) in [5, 5.41) is 0. The van der Waals surface area contributed by atoms with Crippen LogP contribution in [-0.4, -0.2) is 0 Å². The fourth-order valence-corrected chi connectivity index (χ4v) is 3.45. The molecule has 2 unspecified atom stereocenters. The smallest absolute Gasteiger partial charge is 0.00640 e. The first kappa shape index (κ1) is 16.5. The van der Waals surface area contributed by atoms with Crippen LogP contribution in [-0.2, 0) is 0 Å². The molecule has 0 nitrogen and oxygen atoms in total. The first-order valence-corrected chi connectivity index (χ1v) is 8.79. The van der Waals surface area contributed by atoms with Gasteiger partial charge < -0.3 is 0 Å². The van der Waals surface area contributed by atoms with Crippen molar-refractivity contribution in [1.29, 1.82) is 0 Å². The molecule has 24 heavy (non-hydrogen) atoms. The summed E-state index contributed by atoms with van der Waals surface area (Å²) in [5.74, 6) is 0.790. The third-order valence-corrected chi connectivity index (χ3v) is 5.23. The van der Waals surface area contributed by atoms with Gasteiger partial charge >= 0.3 is 0 Å². The number of aryl methyl sites for hydroxylation is 2. The van der Waals surface area contributed by atoms with E-state index in [4.69, 9.17) is 0 Å². The zero-order chi connectivity index (χ0) is 17.1. The lowest BCUT2D eigenvalue weighted by Crippen LogP contribution is -2.07. The van der Waals surface area contributed by atoms with E-state index in [9.17, 15) is 0 Å². The molecule has 2 atom stereocenters. The van der Waals surface area contributed by atoms with Crippen molar-refractivity contribution in [3.63, 3.8) is 0 Å². The van der Waals surface area contributed by atoms with Crippen LogP contribution in [0.2, 0.25) is 0 Å². The van der Waals surface area contributed by atoms with Gasteiger partial charge in [0.05, 0.1) is 0 Å². The van der Waals surface area contributed by atoms with Gasteiger partial charge in [-0.15, -0.1) is 0 Å². The topological polar surface area (TPSA) is 0 Å². The zero-order valence-corrected chi connectivity index (χ0v) is 15.1. The number of hydrogen-bond donors (Lipinski definition) is 0. The predicted molar refractivity (Wildman–Crippen MR) is 104 cm³/mol. The van der Waals surface area contributed by atoms with Crippen LogP contribution in [0.1, 0.15) is 59.1 Å². The Kier molecular flexibility index (Phi) is 4.85. The fourth-order valence-electron chi connectivity index (χ4n) is 3.45. The molecule has 3 aromatic rings. The molecule has 0 heterocycles. The van der Waals surface area contributed by atoms with Crippen molar-refractivity contribution in [3.05, 3.63) is 106 Å². The van der Waals surface area contributed by atoms with E-state index in [0.29, 0.717) is 11.8 Å². The van der Waals surface area contributed by atoms with Gasteiger partial charge in [-0.3, -0.25) is 0 Å². The van der Waals surface area contributed by atoms with Gasteiger partial charge in [-0.1, -0.05) is 86.6 Å². The summed E-state index contributed by atoms with van der Waals surface area (Å²) in [4.78, 5) is 0. The van der Waals surface area contributed by atoms with E-state index in [-0.39, 0.29) is 0 Å². The second-order valence-electron chi connectivity index (χ2n) is 6.83. The maximum absolute atomic E-state index is 2.39. The molecule has 0 spiro atoms. The highest BCUT2D eigenvalue weighted by Gasteiger charge is 2.19. The van der Waals surface area contributed by atoms with E-state index in [0.717, 1.165) is 0 Å². The van der Waals surface area contributed by atoms with Gasteiger partial charge in [-0.2, -0.15) is 0 Å². The zero-order valence-electron chi connectivity index (χ0n) is 15.1. The highest BCUT2D eigenvalue weighted by Crippen LogP contribution is 2.35. The van der Waals surface area contributed by atoms with Gasteiger partial charge in [0.2, 0.25) is 0 Å². The van der Waals surface area contributed by atoms with Crippen LogP contribution in [0, 0.1) is 13.8 Å². The van der Waals surface area contributed by atoms with Gasteiger partial charge in [0.25, 0.3) is 0 Å². The molecule has 0 radical (unpaired) electrons. The highest BCUT2D eigenvalue weighted by atomic mass is 14.2. The van der Waals surface area contributed by atoms with Crippen molar-refractivity contribution < 1.29 is 0 Å². The lowest BCUT2D eigenvalue weighted by molar-refractivity contribution is 0.838. The molecule has 0 aliphatic rings. The van der Waals surface area contributed by atoms with Crippen LogP contribution < -0.4 is 0 Å². The van der Waals surface area contributed by atoms with E-state index in [1.165, 1.54) is 33.4 Å². The van der Waals surface area contributed by atoms with Crippen LogP contribution in [0.5, 0.6) is 0 Å². The Morgan fingerprint density at radius 2 is 0.875 bits per heavy atom. The van der Waals surface area contributed by atoms with Crippen LogP contribution >= 0.6 is 0 Å². The normalized spacial score (nSPS) is 13.5. The van der Waals surface area contributed by atoms with Crippen LogP contribution in [0.15, 0.2) is 72.8 Å². The van der Waals surface area contributed by atoms with Crippen LogP contribution in [0.4, 0.5) is 0 Å². The van der Waals surface area contributed by atoms with E-state index in [1.807, 2.05) is 0 Å². The SMILES string of the molecule is Cc1cc(C(C)c2ccccc2)c(C(C)c2ccccc2)cc1C. The van der Waals surface area contributed by atoms with Gasteiger partial charge in [0.15, 0.2) is 0 Å². The minimum atomic E-state index is 0.395. The molecule has 0 fully saturated rings. The molecule has 0 aliphatic heterocycles. The minimum absolute atomic E-state index is 0.395. The number of benzene rings is 3. The highest BCUT2D eigenvalue weighted by molar-refractivity contribution is 5.47. The Morgan fingerprint density at radius 1 is 0.542 bits per heavy atom. The van der Waals surface area contributed by atoms with Gasteiger partial charge in [0, 0.05) is 11.8 Å².